The number of piperidine rings is 1. The molecule has 0 aromatic rings. The van der Waals surface area contributed by atoms with Crippen molar-refractivity contribution in [2.24, 2.45) is 11.1 Å². The molecule has 1 spiro atoms. The van der Waals surface area contributed by atoms with Gasteiger partial charge < -0.3 is 15.4 Å². The molecule has 1 atom stereocenters. The Morgan fingerprint density at radius 3 is 2.81 bits per heavy atom. The lowest BCUT2D eigenvalue weighted by Gasteiger charge is -2.50. The molecule has 3 heteroatoms. The number of nitrogens with zero attached hydrogens (tertiary/aromatic N) is 1. The second-order valence-electron chi connectivity index (χ2n) is 6.20. The summed E-state index contributed by atoms with van der Waals surface area (Å²) in [4.78, 5) is 2.55. The van der Waals surface area contributed by atoms with Crippen molar-refractivity contribution in [3.05, 3.63) is 0 Å². The van der Waals surface area contributed by atoms with Gasteiger partial charge in [-0.25, -0.2) is 0 Å². The Hall–Kier alpha value is -0.120. The van der Waals surface area contributed by atoms with Gasteiger partial charge in [0, 0.05) is 26.2 Å². The van der Waals surface area contributed by atoms with E-state index in [0.29, 0.717) is 5.41 Å². The zero-order valence-electron chi connectivity index (χ0n) is 10.8. The van der Waals surface area contributed by atoms with Crippen molar-refractivity contribution in [2.45, 2.75) is 45.1 Å². The molecule has 0 aromatic heterocycles. The van der Waals surface area contributed by atoms with E-state index in [-0.39, 0.29) is 5.60 Å². The predicted molar refractivity (Wildman–Crippen MR) is 66.4 cm³/mol. The standard InChI is InChI=1S/C13H26N2O/c1-12(2)10-13(5-9-16-12)4-3-7-15(11-13)8-6-14/h3-11,14H2,1-2H3. The maximum absolute atomic E-state index is 5.84. The van der Waals surface area contributed by atoms with Crippen LogP contribution in [-0.4, -0.2) is 43.3 Å². The van der Waals surface area contributed by atoms with Crippen molar-refractivity contribution in [3.63, 3.8) is 0 Å². The predicted octanol–water partition coefficient (Wildman–Crippen LogP) is 1.62. The summed E-state index contributed by atoms with van der Waals surface area (Å²) in [5, 5.41) is 0. The van der Waals surface area contributed by atoms with Crippen molar-refractivity contribution in [3.8, 4) is 0 Å². The van der Waals surface area contributed by atoms with Crippen LogP contribution in [0.3, 0.4) is 0 Å². The molecule has 2 aliphatic rings. The van der Waals surface area contributed by atoms with Crippen LogP contribution in [0.4, 0.5) is 0 Å². The molecule has 2 fully saturated rings. The van der Waals surface area contributed by atoms with Crippen LogP contribution in [0.1, 0.15) is 39.5 Å². The fourth-order valence-electron chi connectivity index (χ4n) is 3.62. The van der Waals surface area contributed by atoms with Gasteiger partial charge in [0.15, 0.2) is 0 Å². The van der Waals surface area contributed by atoms with Crippen LogP contribution in [0, 0.1) is 5.41 Å². The molecule has 16 heavy (non-hydrogen) atoms. The number of hydrogen-bond acceptors (Lipinski definition) is 3. The molecule has 0 aromatic carbocycles. The summed E-state index contributed by atoms with van der Waals surface area (Å²) < 4.78 is 5.84. The van der Waals surface area contributed by atoms with Gasteiger partial charge in [-0.3, -0.25) is 0 Å². The SMILES string of the molecule is CC1(C)CC2(CCCN(CCN)C2)CCO1. The Morgan fingerprint density at radius 1 is 1.31 bits per heavy atom. The Kier molecular flexibility index (Phi) is 3.57. The van der Waals surface area contributed by atoms with Crippen molar-refractivity contribution in [2.75, 3.05) is 32.8 Å². The highest BCUT2D eigenvalue weighted by Crippen LogP contribution is 2.44. The third kappa shape index (κ3) is 2.76. The van der Waals surface area contributed by atoms with Gasteiger partial charge in [-0.1, -0.05) is 0 Å². The highest BCUT2D eigenvalue weighted by atomic mass is 16.5. The summed E-state index contributed by atoms with van der Waals surface area (Å²) in [6, 6.07) is 0. The summed E-state index contributed by atoms with van der Waals surface area (Å²) in [5.41, 5.74) is 6.25. The summed E-state index contributed by atoms with van der Waals surface area (Å²) in [7, 11) is 0. The summed E-state index contributed by atoms with van der Waals surface area (Å²) in [6.45, 7) is 9.71. The lowest BCUT2D eigenvalue weighted by molar-refractivity contribution is -0.122. The minimum Gasteiger partial charge on any atom is -0.376 e. The molecule has 3 nitrogen and oxygen atoms in total. The highest BCUT2D eigenvalue weighted by molar-refractivity contribution is 4.94. The molecule has 0 bridgehead atoms. The topological polar surface area (TPSA) is 38.5 Å². The number of nitrogens with two attached hydrogens (primary N) is 1. The van der Waals surface area contributed by atoms with E-state index in [2.05, 4.69) is 18.7 Å². The van der Waals surface area contributed by atoms with Crippen LogP contribution >= 0.6 is 0 Å². The molecule has 1 unspecified atom stereocenters. The highest BCUT2D eigenvalue weighted by Gasteiger charge is 2.42. The summed E-state index contributed by atoms with van der Waals surface area (Å²) in [6.07, 6.45) is 5.15. The van der Waals surface area contributed by atoms with E-state index in [0.717, 1.165) is 19.7 Å². The van der Waals surface area contributed by atoms with Gasteiger partial charge in [0.2, 0.25) is 0 Å². The second-order valence-corrected chi connectivity index (χ2v) is 6.20. The van der Waals surface area contributed by atoms with Crippen molar-refractivity contribution < 1.29 is 4.74 Å². The maximum atomic E-state index is 5.84. The molecule has 0 radical (unpaired) electrons. The number of rotatable bonds is 2. The molecule has 0 aliphatic carbocycles. The van der Waals surface area contributed by atoms with Gasteiger partial charge in [-0.2, -0.15) is 0 Å². The summed E-state index contributed by atoms with van der Waals surface area (Å²) >= 11 is 0. The van der Waals surface area contributed by atoms with Crippen molar-refractivity contribution in [1.29, 1.82) is 0 Å². The number of ether oxygens (including phenoxy) is 1. The molecule has 0 saturated carbocycles. The summed E-state index contributed by atoms with van der Waals surface area (Å²) in [5.74, 6) is 0. The monoisotopic (exact) mass is 226 g/mol. The normalized spacial score (nSPS) is 35.4. The van der Waals surface area contributed by atoms with Crippen molar-refractivity contribution in [1.82, 2.24) is 4.90 Å². The van der Waals surface area contributed by atoms with Crippen LogP contribution in [0.15, 0.2) is 0 Å². The van der Waals surface area contributed by atoms with Crippen LogP contribution in [0.25, 0.3) is 0 Å². The van der Waals surface area contributed by atoms with Crippen LogP contribution < -0.4 is 5.73 Å². The minimum atomic E-state index is 0.0734. The fourth-order valence-corrected chi connectivity index (χ4v) is 3.62. The maximum Gasteiger partial charge on any atom is 0.0632 e. The molecular formula is C13H26N2O. The van der Waals surface area contributed by atoms with Crippen LogP contribution in [0.2, 0.25) is 0 Å². The van der Waals surface area contributed by atoms with Gasteiger partial charge in [-0.15, -0.1) is 0 Å². The van der Waals surface area contributed by atoms with Crippen molar-refractivity contribution >= 4 is 0 Å². The lowest BCUT2D eigenvalue weighted by Crippen LogP contribution is -2.51. The van der Waals surface area contributed by atoms with Gasteiger partial charge >= 0.3 is 0 Å². The minimum absolute atomic E-state index is 0.0734. The van der Waals surface area contributed by atoms with Gasteiger partial charge in [0.25, 0.3) is 0 Å². The zero-order valence-corrected chi connectivity index (χ0v) is 10.8. The molecule has 2 saturated heterocycles. The molecule has 0 amide bonds. The van der Waals surface area contributed by atoms with E-state index in [4.69, 9.17) is 10.5 Å². The van der Waals surface area contributed by atoms with E-state index < -0.39 is 0 Å². The molecule has 94 valence electrons. The molecule has 2 aliphatic heterocycles. The molecule has 2 heterocycles. The third-order valence-corrected chi connectivity index (χ3v) is 4.11. The van der Waals surface area contributed by atoms with E-state index >= 15 is 0 Å². The van der Waals surface area contributed by atoms with E-state index in [1.165, 1.54) is 38.8 Å². The number of likely N-dealkylation sites (tertiary alicyclic amines) is 1. The van der Waals surface area contributed by atoms with E-state index in [1.807, 2.05) is 0 Å². The second kappa shape index (κ2) is 4.63. The quantitative estimate of drug-likeness (QED) is 0.777. The average Bonchev–Trinajstić information content (AvgIpc) is 2.16. The first kappa shape index (κ1) is 12.3. The Bertz CT molecular complexity index is 236. The molecule has 2 N–H and O–H groups in total. The smallest absolute Gasteiger partial charge is 0.0632 e. The van der Waals surface area contributed by atoms with Gasteiger partial charge in [-0.05, 0) is 51.5 Å². The van der Waals surface area contributed by atoms with E-state index in [1.54, 1.807) is 0 Å². The lowest BCUT2D eigenvalue weighted by atomic mass is 9.69. The Labute approximate surface area is 99.3 Å². The van der Waals surface area contributed by atoms with Crippen LogP contribution in [-0.2, 0) is 4.74 Å². The molecule has 2 rings (SSSR count). The Morgan fingerprint density at radius 2 is 2.12 bits per heavy atom. The first-order chi connectivity index (χ1) is 7.55. The van der Waals surface area contributed by atoms with Gasteiger partial charge in [0.05, 0.1) is 5.60 Å². The largest absolute Gasteiger partial charge is 0.376 e. The molecular weight excluding hydrogens is 200 g/mol. The van der Waals surface area contributed by atoms with E-state index in [9.17, 15) is 0 Å². The zero-order chi connectivity index (χ0) is 11.6. The fraction of sp³-hybridized carbons (Fsp3) is 1.00. The van der Waals surface area contributed by atoms with Crippen LogP contribution in [0.5, 0.6) is 0 Å². The first-order valence-corrected chi connectivity index (χ1v) is 6.62. The first-order valence-electron chi connectivity index (χ1n) is 6.62. The Balaban J connectivity index is 2.00. The average molecular weight is 226 g/mol. The number of hydrogen-bond donors (Lipinski definition) is 1. The third-order valence-electron chi connectivity index (χ3n) is 4.11. The van der Waals surface area contributed by atoms with Gasteiger partial charge in [0.1, 0.15) is 0 Å².